The standard InChI is InChI=1S/C9H15N/c1-7(2)9(10)6-5-8-3-4-8/h7-9H,3-4,10H2,1-2H3. The predicted molar refractivity (Wildman–Crippen MR) is 43.3 cm³/mol. The fraction of sp³-hybridized carbons (Fsp3) is 0.778. The van der Waals surface area contributed by atoms with Gasteiger partial charge in [-0.2, -0.15) is 0 Å². The van der Waals surface area contributed by atoms with Gasteiger partial charge in [0.25, 0.3) is 0 Å². The highest BCUT2D eigenvalue weighted by molar-refractivity contribution is 5.14. The van der Waals surface area contributed by atoms with E-state index in [0.717, 1.165) is 0 Å². The fourth-order valence-corrected chi connectivity index (χ4v) is 0.608. The molecule has 0 bridgehead atoms. The van der Waals surface area contributed by atoms with E-state index in [1.165, 1.54) is 12.8 Å². The predicted octanol–water partition coefficient (Wildman–Crippen LogP) is 1.38. The molecular formula is C9H15N. The van der Waals surface area contributed by atoms with E-state index in [9.17, 15) is 0 Å². The summed E-state index contributed by atoms with van der Waals surface area (Å²) in [6.07, 6.45) is 2.58. The second-order valence-electron chi connectivity index (χ2n) is 3.33. The lowest BCUT2D eigenvalue weighted by atomic mass is 10.1. The molecule has 0 heterocycles. The van der Waals surface area contributed by atoms with E-state index < -0.39 is 0 Å². The van der Waals surface area contributed by atoms with Crippen molar-refractivity contribution in [1.29, 1.82) is 0 Å². The highest BCUT2D eigenvalue weighted by Crippen LogP contribution is 2.27. The SMILES string of the molecule is CC(C)C(N)C#CC1CC1. The molecule has 1 saturated carbocycles. The quantitative estimate of drug-likeness (QED) is 0.543. The minimum absolute atomic E-state index is 0.0839. The van der Waals surface area contributed by atoms with E-state index in [1.54, 1.807) is 0 Å². The zero-order valence-electron chi connectivity index (χ0n) is 6.72. The molecule has 0 aromatic heterocycles. The maximum Gasteiger partial charge on any atom is 0.0687 e. The Bertz CT molecular complexity index is 157. The molecule has 1 atom stereocenters. The number of rotatable bonds is 1. The zero-order chi connectivity index (χ0) is 7.56. The third kappa shape index (κ3) is 2.41. The van der Waals surface area contributed by atoms with Crippen molar-refractivity contribution in [3.8, 4) is 11.8 Å². The van der Waals surface area contributed by atoms with Crippen molar-refractivity contribution in [2.24, 2.45) is 17.6 Å². The van der Waals surface area contributed by atoms with Gasteiger partial charge < -0.3 is 5.73 Å². The molecule has 56 valence electrons. The van der Waals surface area contributed by atoms with Crippen LogP contribution in [0.3, 0.4) is 0 Å². The summed E-state index contributed by atoms with van der Waals surface area (Å²) in [7, 11) is 0. The third-order valence-corrected chi connectivity index (χ3v) is 1.75. The van der Waals surface area contributed by atoms with Crippen molar-refractivity contribution >= 4 is 0 Å². The number of hydrogen-bond donors (Lipinski definition) is 1. The molecule has 10 heavy (non-hydrogen) atoms. The van der Waals surface area contributed by atoms with Crippen LogP contribution in [0.4, 0.5) is 0 Å². The average molecular weight is 137 g/mol. The second kappa shape index (κ2) is 3.07. The van der Waals surface area contributed by atoms with Crippen LogP contribution in [0.5, 0.6) is 0 Å². The summed E-state index contributed by atoms with van der Waals surface area (Å²) in [6.45, 7) is 4.21. The Morgan fingerprint density at radius 1 is 1.40 bits per heavy atom. The summed E-state index contributed by atoms with van der Waals surface area (Å²) >= 11 is 0. The maximum atomic E-state index is 5.72. The highest BCUT2D eigenvalue weighted by Gasteiger charge is 2.18. The van der Waals surface area contributed by atoms with Crippen molar-refractivity contribution in [3.05, 3.63) is 0 Å². The van der Waals surface area contributed by atoms with E-state index in [0.29, 0.717) is 11.8 Å². The van der Waals surface area contributed by atoms with E-state index in [-0.39, 0.29) is 6.04 Å². The second-order valence-corrected chi connectivity index (χ2v) is 3.33. The van der Waals surface area contributed by atoms with Gasteiger partial charge >= 0.3 is 0 Å². The largest absolute Gasteiger partial charge is 0.317 e. The van der Waals surface area contributed by atoms with E-state index in [1.807, 2.05) is 0 Å². The van der Waals surface area contributed by atoms with Crippen LogP contribution in [0.25, 0.3) is 0 Å². The molecule has 0 radical (unpaired) electrons. The topological polar surface area (TPSA) is 26.0 Å². The lowest BCUT2D eigenvalue weighted by Crippen LogP contribution is -2.23. The molecular weight excluding hydrogens is 122 g/mol. The molecule has 1 aliphatic rings. The van der Waals surface area contributed by atoms with Crippen molar-refractivity contribution < 1.29 is 0 Å². The van der Waals surface area contributed by atoms with Gasteiger partial charge in [-0.3, -0.25) is 0 Å². The minimum Gasteiger partial charge on any atom is -0.317 e. The van der Waals surface area contributed by atoms with Crippen LogP contribution in [0.2, 0.25) is 0 Å². The van der Waals surface area contributed by atoms with Gasteiger partial charge in [-0.25, -0.2) is 0 Å². The Kier molecular flexibility index (Phi) is 2.34. The first-order valence-electron chi connectivity index (χ1n) is 3.97. The Hall–Kier alpha value is -0.480. The van der Waals surface area contributed by atoms with Crippen LogP contribution in [0.15, 0.2) is 0 Å². The molecule has 0 aliphatic heterocycles. The molecule has 1 unspecified atom stereocenters. The third-order valence-electron chi connectivity index (χ3n) is 1.75. The molecule has 0 saturated heterocycles. The van der Waals surface area contributed by atoms with E-state index in [4.69, 9.17) is 5.73 Å². The number of nitrogens with two attached hydrogens (primary N) is 1. The molecule has 1 fully saturated rings. The fourth-order valence-electron chi connectivity index (χ4n) is 0.608. The van der Waals surface area contributed by atoms with Gasteiger partial charge in [0.15, 0.2) is 0 Å². The van der Waals surface area contributed by atoms with Crippen LogP contribution in [0, 0.1) is 23.7 Å². The van der Waals surface area contributed by atoms with Gasteiger partial charge in [-0.05, 0) is 18.8 Å². The van der Waals surface area contributed by atoms with Gasteiger partial charge in [0, 0.05) is 5.92 Å². The summed E-state index contributed by atoms with van der Waals surface area (Å²) in [5, 5.41) is 0. The van der Waals surface area contributed by atoms with Crippen LogP contribution in [0.1, 0.15) is 26.7 Å². The summed E-state index contributed by atoms with van der Waals surface area (Å²) in [5.74, 6) is 7.41. The van der Waals surface area contributed by atoms with Gasteiger partial charge in [-0.15, -0.1) is 0 Å². The van der Waals surface area contributed by atoms with Gasteiger partial charge in [0.1, 0.15) is 0 Å². The summed E-state index contributed by atoms with van der Waals surface area (Å²) in [6, 6.07) is 0.0839. The molecule has 0 amide bonds. The molecule has 2 N–H and O–H groups in total. The smallest absolute Gasteiger partial charge is 0.0687 e. The van der Waals surface area contributed by atoms with E-state index >= 15 is 0 Å². The Morgan fingerprint density at radius 3 is 2.40 bits per heavy atom. The number of hydrogen-bond acceptors (Lipinski definition) is 1. The van der Waals surface area contributed by atoms with Gasteiger partial charge in [0.05, 0.1) is 6.04 Å². The van der Waals surface area contributed by atoms with Gasteiger partial charge in [0.2, 0.25) is 0 Å². The van der Waals surface area contributed by atoms with Crippen LogP contribution < -0.4 is 5.73 Å². The lowest BCUT2D eigenvalue weighted by molar-refractivity contribution is 0.584. The molecule has 1 rings (SSSR count). The Balaban J connectivity index is 2.29. The van der Waals surface area contributed by atoms with Crippen molar-refractivity contribution in [1.82, 2.24) is 0 Å². The van der Waals surface area contributed by atoms with Crippen LogP contribution in [-0.2, 0) is 0 Å². The van der Waals surface area contributed by atoms with Crippen LogP contribution in [-0.4, -0.2) is 6.04 Å². The van der Waals surface area contributed by atoms with Gasteiger partial charge in [-0.1, -0.05) is 25.7 Å². The molecule has 0 aromatic carbocycles. The minimum atomic E-state index is 0.0839. The average Bonchev–Trinajstić information content (AvgIpc) is 2.64. The summed E-state index contributed by atoms with van der Waals surface area (Å²) < 4.78 is 0. The highest BCUT2D eigenvalue weighted by atomic mass is 14.6. The van der Waals surface area contributed by atoms with Crippen molar-refractivity contribution in [3.63, 3.8) is 0 Å². The molecule has 0 aromatic rings. The Morgan fingerprint density at radius 2 is 2.00 bits per heavy atom. The zero-order valence-corrected chi connectivity index (χ0v) is 6.72. The first-order valence-corrected chi connectivity index (χ1v) is 3.97. The van der Waals surface area contributed by atoms with Crippen molar-refractivity contribution in [2.75, 3.05) is 0 Å². The Labute approximate surface area is 63.0 Å². The summed E-state index contributed by atoms with van der Waals surface area (Å²) in [4.78, 5) is 0. The van der Waals surface area contributed by atoms with E-state index in [2.05, 4.69) is 25.7 Å². The maximum absolute atomic E-state index is 5.72. The molecule has 0 spiro atoms. The van der Waals surface area contributed by atoms with Crippen molar-refractivity contribution in [2.45, 2.75) is 32.7 Å². The molecule has 1 nitrogen and oxygen atoms in total. The van der Waals surface area contributed by atoms with Crippen LogP contribution >= 0.6 is 0 Å². The summed E-state index contributed by atoms with van der Waals surface area (Å²) in [5.41, 5.74) is 5.72. The molecule has 1 heteroatoms. The lowest BCUT2D eigenvalue weighted by Gasteiger charge is -2.06. The first kappa shape index (κ1) is 7.63. The first-order chi connectivity index (χ1) is 4.70. The molecule has 1 aliphatic carbocycles. The monoisotopic (exact) mass is 137 g/mol. The normalized spacial score (nSPS) is 20.0.